The fraction of sp³-hybridized carbons (Fsp3) is 0.286. The van der Waals surface area contributed by atoms with Crippen LogP contribution in [-0.2, 0) is 0 Å². The number of benzene rings is 2. The summed E-state index contributed by atoms with van der Waals surface area (Å²) in [7, 11) is 5.73. The minimum Gasteiger partial charge on any atom is -0.497 e. The van der Waals surface area contributed by atoms with Crippen LogP contribution >= 0.6 is 11.3 Å². The van der Waals surface area contributed by atoms with Crippen LogP contribution in [0.5, 0.6) is 5.75 Å². The molecule has 3 rings (SSSR count). The highest BCUT2D eigenvalue weighted by Gasteiger charge is 2.22. The standard InChI is InChI=1S/C21H23N3O3S/c1-14(25)15-5-7-16(8-6-15)20(26)24(12-11-23(2)3)21-22-18-10-9-17(27-4)13-19(18)28-21/h5-10,13H,11-12H2,1-4H3/p+1. The minimum absolute atomic E-state index is 0.0211. The average molecular weight is 399 g/mol. The molecular formula is C21H24N3O3S+. The van der Waals surface area contributed by atoms with E-state index >= 15 is 0 Å². The first-order valence-electron chi connectivity index (χ1n) is 9.05. The van der Waals surface area contributed by atoms with Crippen molar-refractivity contribution in [2.75, 3.05) is 39.2 Å². The highest BCUT2D eigenvalue weighted by atomic mass is 32.1. The number of quaternary nitrogens is 1. The predicted octanol–water partition coefficient (Wildman–Crippen LogP) is 2.30. The fourth-order valence-corrected chi connectivity index (χ4v) is 3.78. The number of ether oxygens (including phenoxy) is 1. The number of methoxy groups -OCH3 is 1. The number of rotatable bonds is 7. The van der Waals surface area contributed by atoms with Gasteiger partial charge in [-0.15, -0.1) is 0 Å². The van der Waals surface area contributed by atoms with Gasteiger partial charge in [0, 0.05) is 11.1 Å². The summed E-state index contributed by atoms with van der Waals surface area (Å²) in [5, 5.41) is 0.658. The third kappa shape index (κ3) is 4.37. The van der Waals surface area contributed by atoms with Crippen LogP contribution in [0.4, 0.5) is 5.13 Å². The van der Waals surface area contributed by atoms with Gasteiger partial charge in [0.2, 0.25) is 0 Å². The number of nitrogens with zero attached hydrogens (tertiary/aromatic N) is 2. The van der Waals surface area contributed by atoms with Crippen molar-refractivity contribution in [3.63, 3.8) is 0 Å². The van der Waals surface area contributed by atoms with Gasteiger partial charge in [-0.25, -0.2) is 4.98 Å². The molecule has 0 saturated heterocycles. The lowest BCUT2D eigenvalue weighted by atomic mass is 10.1. The summed E-state index contributed by atoms with van der Waals surface area (Å²) >= 11 is 1.47. The molecule has 7 heteroatoms. The maximum atomic E-state index is 13.2. The topological polar surface area (TPSA) is 63.9 Å². The Balaban J connectivity index is 1.95. The van der Waals surface area contributed by atoms with Crippen LogP contribution in [0, 0.1) is 0 Å². The van der Waals surface area contributed by atoms with Crippen LogP contribution in [-0.4, -0.2) is 51.0 Å². The summed E-state index contributed by atoms with van der Waals surface area (Å²) in [6, 6.07) is 12.5. The third-order valence-electron chi connectivity index (χ3n) is 4.43. The first kappa shape index (κ1) is 20.0. The molecule has 0 fully saturated rings. The summed E-state index contributed by atoms with van der Waals surface area (Å²) in [5.74, 6) is 0.618. The molecule has 0 saturated carbocycles. The number of nitrogens with one attached hydrogen (secondary N) is 1. The smallest absolute Gasteiger partial charge is 0.260 e. The van der Waals surface area contributed by atoms with Gasteiger partial charge >= 0.3 is 0 Å². The Morgan fingerprint density at radius 2 is 1.79 bits per heavy atom. The number of hydrogen-bond acceptors (Lipinski definition) is 5. The number of Topliss-reactive ketones (excluding diaryl/α,β-unsaturated/α-hetero) is 1. The summed E-state index contributed by atoms with van der Waals surface area (Å²) in [5.41, 5.74) is 1.96. The number of anilines is 1. The quantitative estimate of drug-likeness (QED) is 0.621. The molecule has 0 radical (unpaired) electrons. The Hall–Kier alpha value is -2.77. The Labute approximate surface area is 168 Å². The lowest BCUT2D eigenvalue weighted by molar-refractivity contribution is -0.856. The number of amides is 1. The lowest BCUT2D eigenvalue weighted by Crippen LogP contribution is -3.06. The van der Waals surface area contributed by atoms with Gasteiger partial charge in [-0.05, 0) is 37.3 Å². The molecule has 1 aromatic heterocycles. The van der Waals surface area contributed by atoms with Gasteiger partial charge in [-0.1, -0.05) is 23.5 Å². The molecule has 1 heterocycles. The van der Waals surface area contributed by atoms with Crippen LogP contribution in [0.3, 0.4) is 0 Å². The van der Waals surface area contributed by atoms with E-state index in [1.165, 1.54) is 23.2 Å². The van der Waals surface area contributed by atoms with Crippen molar-refractivity contribution >= 4 is 38.4 Å². The maximum absolute atomic E-state index is 13.2. The Morgan fingerprint density at radius 3 is 2.39 bits per heavy atom. The van der Waals surface area contributed by atoms with Crippen LogP contribution in [0.15, 0.2) is 42.5 Å². The third-order valence-corrected chi connectivity index (χ3v) is 5.48. The maximum Gasteiger partial charge on any atom is 0.260 e. The molecule has 0 aliphatic heterocycles. The Kier molecular flexibility index (Phi) is 6.06. The van der Waals surface area contributed by atoms with Crippen molar-refractivity contribution in [3.8, 4) is 5.75 Å². The van der Waals surface area contributed by atoms with E-state index in [2.05, 4.69) is 4.98 Å². The molecular weight excluding hydrogens is 374 g/mol. The minimum atomic E-state index is -0.123. The average Bonchev–Trinajstić information content (AvgIpc) is 3.10. The van der Waals surface area contributed by atoms with E-state index in [0.717, 1.165) is 22.5 Å². The summed E-state index contributed by atoms with van der Waals surface area (Å²) in [6.45, 7) is 2.85. The molecule has 0 aliphatic carbocycles. The van der Waals surface area contributed by atoms with Crippen molar-refractivity contribution in [1.82, 2.24) is 4.98 Å². The van der Waals surface area contributed by atoms with Gasteiger partial charge in [-0.2, -0.15) is 0 Å². The molecule has 28 heavy (non-hydrogen) atoms. The fourth-order valence-electron chi connectivity index (χ4n) is 2.76. The van der Waals surface area contributed by atoms with Crippen LogP contribution < -0.4 is 14.5 Å². The molecule has 3 aromatic rings. The Bertz CT molecular complexity index is 996. The first-order valence-corrected chi connectivity index (χ1v) is 9.87. The van der Waals surface area contributed by atoms with Gasteiger partial charge in [0.25, 0.3) is 5.91 Å². The molecule has 2 aromatic carbocycles. The summed E-state index contributed by atoms with van der Waals surface area (Å²) in [6.07, 6.45) is 0. The lowest BCUT2D eigenvalue weighted by Gasteiger charge is -2.20. The van der Waals surface area contributed by atoms with E-state index in [1.807, 2.05) is 32.3 Å². The molecule has 0 atom stereocenters. The van der Waals surface area contributed by atoms with E-state index in [4.69, 9.17) is 4.74 Å². The van der Waals surface area contributed by atoms with Crippen LogP contribution in [0.1, 0.15) is 27.6 Å². The van der Waals surface area contributed by atoms with Crippen molar-refractivity contribution < 1.29 is 19.2 Å². The predicted molar refractivity (Wildman–Crippen MR) is 112 cm³/mol. The zero-order valence-electron chi connectivity index (χ0n) is 16.5. The number of carbonyl (C=O) groups is 2. The van der Waals surface area contributed by atoms with Crippen LogP contribution in [0.2, 0.25) is 0 Å². The Morgan fingerprint density at radius 1 is 1.11 bits per heavy atom. The first-order chi connectivity index (χ1) is 13.4. The van der Waals surface area contributed by atoms with Crippen molar-refractivity contribution in [3.05, 3.63) is 53.6 Å². The monoisotopic (exact) mass is 398 g/mol. The van der Waals surface area contributed by atoms with Crippen molar-refractivity contribution in [2.24, 2.45) is 0 Å². The van der Waals surface area contributed by atoms with E-state index in [0.29, 0.717) is 22.8 Å². The highest BCUT2D eigenvalue weighted by molar-refractivity contribution is 7.22. The molecule has 0 spiro atoms. The second kappa shape index (κ2) is 8.50. The number of ketones is 1. The zero-order chi connectivity index (χ0) is 20.3. The van der Waals surface area contributed by atoms with E-state index in [9.17, 15) is 9.59 Å². The molecule has 1 amide bonds. The summed E-state index contributed by atoms with van der Waals surface area (Å²) in [4.78, 5) is 32.3. The van der Waals surface area contributed by atoms with Gasteiger partial charge < -0.3 is 9.64 Å². The zero-order valence-corrected chi connectivity index (χ0v) is 17.3. The number of aromatic nitrogens is 1. The van der Waals surface area contributed by atoms with Gasteiger partial charge in [0.05, 0.1) is 44.5 Å². The molecule has 1 N–H and O–H groups in total. The van der Waals surface area contributed by atoms with Gasteiger partial charge in [-0.3, -0.25) is 14.5 Å². The number of likely N-dealkylation sites (N-methyl/N-ethyl adjacent to an activating group) is 1. The second-order valence-electron chi connectivity index (χ2n) is 6.88. The molecule has 146 valence electrons. The molecule has 0 unspecified atom stereocenters. The van der Waals surface area contributed by atoms with Crippen LogP contribution in [0.25, 0.3) is 10.2 Å². The number of thiazole rings is 1. The van der Waals surface area contributed by atoms with E-state index in [1.54, 1.807) is 36.3 Å². The summed E-state index contributed by atoms with van der Waals surface area (Å²) < 4.78 is 6.25. The SMILES string of the molecule is COc1ccc2nc(N(CC[NH+](C)C)C(=O)c3ccc(C(C)=O)cc3)sc2c1. The van der Waals surface area contributed by atoms with Gasteiger partial charge in [0.1, 0.15) is 5.75 Å². The van der Waals surface area contributed by atoms with Crippen molar-refractivity contribution in [2.45, 2.75) is 6.92 Å². The number of hydrogen-bond donors (Lipinski definition) is 1. The van der Waals surface area contributed by atoms with Crippen molar-refractivity contribution in [1.29, 1.82) is 0 Å². The number of fused-ring (bicyclic) bond motifs is 1. The number of carbonyl (C=O) groups excluding carboxylic acids is 2. The van der Waals surface area contributed by atoms with E-state index in [-0.39, 0.29) is 11.7 Å². The van der Waals surface area contributed by atoms with E-state index < -0.39 is 0 Å². The normalized spacial score (nSPS) is 11.0. The van der Waals surface area contributed by atoms with Gasteiger partial charge in [0.15, 0.2) is 10.9 Å². The molecule has 0 aliphatic rings. The highest BCUT2D eigenvalue weighted by Crippen LogP contribution is 2.32. The molecule has 6 nitrogen and oxygen atoms in total. The molecule has 0 bridgehead atoms. The largest absolute Gasteiger partial charge is 0.497 e. The second-order valence-corrected chi connectivity index (χ2v) is 7.89.